The first kappa shape index (κ1) is 22.5. The van der Waals surface area contributed by atoms with Crippen LogP contribution in [-0.4, -0.2) is 32.9 Å². The summed E-state index contributed by atoms with van der Waals surface area (Å²) in [4.78, 5) is 38.8. The lowest BCUT2D eigenvalue weighted by molar-refractivity contribution is -0.384. The number of benzene rings is 2. The van der Waals surface area contributed by atoms with Crippen molar-refractivity contribution in [2.45, 2.75) is 38.1 Å². The molecule has 1 atom stereocenters. The average Bonchev–Trinajstić information content (AvgIpc) is 3.52. The molecule has 0 saturated heterocycles. The monoisotopic (exact) mass is 473 g/mol. The minimum atomic E-state index is -0.625. The molecule has 2 aliphatic rings. The Kier molecular flexibility index (Phi) is 5.90. The summed E-state index contributed by atoms with van der Waals surface area (Å²) in [5.74, 6) is -1.68. The van der Waals surface area contributed by atoms with Gasteiger partial charge in [0, 0.05) is 35.0 Å². The van der Waals surface area contributed by atoms with Gasteiger partial charge in [-0.3, -0.25) is 24.6 Å². The Labute approximate surface area is 200 Å². The molecule has 178 valence electrons. The molecule has 2 heterocycles. The predicted molar refractivity (Wildman–Crippen MR) is 127 cm³/mol. The third-order valence-corrected chi connectivity index (χ3v) is 6.81. The van der Waals surface area contributed by atoms with Crippen molar-refractivity contribution in [2.24, 2.45) is 5.92 Å². The van der Waals surface area contributed by atoms with Crippen LogP contribution in [0.25, 0.3) is 11.3 Å². The maximum Gasteiger partial charge on any atom is 0.294 e. The van der Waals surface area contributed by atoms with Crippen LogP contribution in [0.4, 0.5) is 11.4 Å². The van der Waals surface area contributed by atoms with E-state index in [9.17, 15) is 24.8 Å². The third kappa shape index (κ3) is 4.09. The summed E-state index contributed by atoms with van der Waals surface area (Å²) >= 11 is 0. The van der Waals surface area contributed by atoms with Crippen molar-refractivity contribution >= 4 is 23.1 Å². The normalized spacial score (nSPS) is 18.8. The number of non-ortho nitro benzene ring substituents is 1. The number of aliphatic hydroxyl groups is 1. The molecular weight excluding hydrogens is 450 g/mol. The van der Waals surface area contributed by atoms with Crippen molar-refractivity contribution in [1.29, 1.82) is 0 Å². The van der Waals surface area contributed by atoms with E-state index in [1.807, 2.05) is 12.1 Å². The minimum Gasteiger partial charge on any atom is -0.503 e. The molecule has 5 rings (SSSR count). The molecule has 1 aromatic heterocycles. The largest absolute Gasteiger partial charge is 0.503 e. The number of hydrogen-bond donors (Lipinski definition) is 1. The molecule has 1 fully saturated rings. The summed E-state index contributed by atoms with van der Waals surface area (Å²) < 4.78 is 4.90. The number of carbonyl (C=O) groups excluding carboxylic acids is 2. The van der Waals surface area contributed by atoms with Gasteiger partial charge in [-0.15, -0.1) is 0 Å². The first-order valence-corrected chi connectivity index (χ1v) is 11.5. The number of aliphatic hydroxyl groups excluding tert-OH is 1. The van der Waals surface area contributed by atoms with Crippen LogP contribution in [0.2, 0.25) is 0 Å². The van der Waals surface area contributed by atoms with E-state index in [-0.39, 0.29) is 22.7 Å². The van der Waals surface area contributed by atoms with Crippen molar-refractivity contribution < 1.29 is 24.1 Å². The number of amides is 1. The highest BCUT2D eigenvalue weighted by Gasteiger charge is 2.47. The molecule has 9 heteroatoms. The Bertz CT molecular complexity index is 1290. The molecule has 1 unspecified atom stereocenters. The predicted octanol–water partition coefficient (Wildman–Crippen LogP) is 5.24. The van der Waals surface area contributed by atoms with E-state index in [1.54, 1.807) is 18.2 Å². The lowest BCUT2D eigenvalue weighted by atomic mass is 9.79. The fourth-order valence-corrected chi connectivity index (χ4v) is 5.09. The van der Waals surface area contributed by atoms with E-state index < -0.39 is 28.4 Å². The van der Waals surface area contributed by atoms with Crippen LogP contribution in [0.1, 0.15) is 42.5 Å². The van der Waals surface area contributed by atoms with Crippen molar-refractivity contribution in [3.63, 3.8) is 0 Å². The second-order valence-corrected chi connectivity index (χ2v) is 8.85. The molecule has 1 saturated carbocycles. The van der Waals surface area contributed by atoms with Crippen LogP contribution < -0.4 is 4.90 Å². The number of nitrogens with zero attached hydrogens (tertiary/aromatic N) is 3. The van der Waals surface area contributed by atoms with Gasteiger partial charge in [0.05, 0.1) is 16.5 Å². The van der Waals surface area contributed by atoms with E-state index in [1.165, 1.54) is 35.4 Å². The topological polar surface area (TPSA) is 127 Å². The number of rotatable bonds is 6. The Morgan fingerprint density at radius 2 is 1.71 bits per heavy atom. The molecular formula is C26H23N3O6. The number of nitro benzene ring substituents is 1. The van der Waals surface area contributed by atoms with Gasteiger partial charge < -0.3 is 9.63 Å². The Balaban J connectivity index is 1.52. The molecule has 2 aromatic carbocycles. The van der Waals surface area contributed by atoms with E-state index >= 15 is 0 Å². The van der Waals surface area contributed by atoms with Crippen molar-refractivity contribution in [3.8, 4) is 11.3 Å². The van der Waals surface area contributed by atoms with Gasteiger partial charge in [-0.2, -0.15) is 0 Å². The van der Waals surface area contributed by atoms with Crippen LogP contribution >= 0.6 is 0 Å². The SMILES string of the molecule is O=C(C1=C(O)C(=O)N(c2ccc(-c3ccon3)cc2)C1C1CCCCC1)c1ccc([N+](=O)[O-])cc1. The fraction of sp³-hybridized carbons (Fsp3) is 0.269. The second-order valence-electron chi connectivity index (χ2n) is 8.85. The summed E-state index contributed by atoms with van der Waals surface area (Å²) in [6, 6.07) is 13.5. The zero-order valence-corrected chi connectivity index (χ0v) is 18.8. The molecule has 3 aromatic rings. The number of ketones is 1. The van der Waals surface area contributed by atoms with Crippen molar-refractivity contribution in [3.05, 3.63) is 87.9 Å². The summed E-state index contributed by atoms with van der Waals surface area (Å²) in [5.41, 5.74) is 2.13. The summed E-state index contributed by atoms with van der Waals surface area (Å²) in [6.07, 6.45) is 6.18. The number of hydrogen-bond acceptors (Lipinski definition) is 7. The van der Waals surface area contributed by atoms with Gasteiger partial charge in [-0.05, 0) is 43.0 Å². The van der Waals surface area contributed by atoms with Gasteiger partial charge in [-0.25, -0.2) is 0 Å². The molecule has 9 nitrogen and oxygen atoms in total. The molecule has 35 heavy (non-hydrogen) atoms. The van der Waals surface area contributed by atoms with Gasteiger partial charge in [0.25, 0.3) is 11.6 Å². The van der Waals surface area contributed by atoms with Crippen LogP contribution in [0.5, 0.6) is 0 Å². The van der Waals surface area contributed by atoms with Gasteiger partial charge in [-0.1, -0.05) is 36.6 Å². The van der Waals surface area contributed by atoms with Gasteiger partial charge in [0.1, 0.15) is 12.0 Å². The maximum absolute atomic E-state index is 13.5. The number of aromatic nitrogens is 1. The Morgan fingerprint density at radius 3 is 2.31 bits per heavy atom. The zero-order chi connectivity index (χ0) is 24.5. The lowest BCUT2D eigenvalue weighted by Crippen LogP contribution is -2.42. The van der Waals surface area contributed by atoms with Crippen LogP contribution in [0.3, 0.4) is 0 Å². The highest BCUT2D eigenvalue weighted by Crippen LogP contribution is 2.41. The molecule has 1 aliphatic carbocycles. The van der Waals surface area contributed by atoms with Crippen molar-refractivity contribution in [2.75, 3.05) is 4.90 Å². The number of nitro groups is 1. The van der Waals surface area contributed by atoms with E-state index in [0.717, 1.165) is 37.7 Å². The molecule has 0 radical (unpaired) electrons. The molecule has 1 amide bonds. The van der Waals surface area contributed by atoms with Crippen molar-refractivity contribution in [1.82, 2.24) is 5.16 Å². The average molecular weight is 473 g/mol. The first-order chi connectivity index (χ1) is 17.0. The highest BCUT2D eigenvalue weighted by atomic mass is 16.6. The first-order valence-electron chi connectivity index (χ1n) is 11.5. The standard InChI is InChI=1S/C26H23N3O6/c30-24(18-8-12-20(13-9-18)29(33)34)22-23(17-4-2-1-3-5-17)28(26(32)25(22)31)19-10-6-16(7-11-19)21-14-15-35-27-21/h6-15,17,23,31H,1-5H2. The quantitative estimate of drug-likeness (QED) is 0.295. The molecule has 0 spiro atoms. The van der Waals surface area contributed by atoms with Crippen LogP contribution in [0, 0.1) is 16.0 Å². The van der Waals surface area contributed by atoms with E-state index in [2.05, 4.69) is 5.16 Å². The molecule has 0 bridgehead atoms. The number of carbonyl (C=O) groups is 2. The second kappa shape index (κ2) is 9.17. The third-order valence-electron chi connectivity index (χ3n) is 6.81. The van der Waals surface area contributed by atoms with Gasteiger partial charge >= 0.3 is 0 Å². The zero-order valence-electron chi connectivity index (χ0n) is 18.8. The minimum absolute atomic E-state index is 0.00423. The lowest BCUT2D eigenvalue weighted by Gasteiger charge is -2.35. The molecule has 1 aliphatic heterocycles. The Morgan fingerprint density at radius 1 is 1.03 bits per heavy atom. The van der Waals surface area contributed by atoms with Crippen LogP contribution in [-0.2, 0) is 4.79 Å². The smallest absolute Gasteiger partial charge is 0.294 e. The van der Waals surface area contributed by atoms with E-state index in [4.69, 9.17) is 4.52 Å². The highest BCUT2D eigenvalue weighted by molar-refractivity contribution is 6.20. The van der Waals surface area contributed by atoms with Gasteiger partial charge in [0.15, 0.2) is 11.5 Å². The van der Waals surface area contributed by atoms with E-state index in [0.29, 0.717) is 11.4 Å². The van der Waals surface area contributed by atoms with Gasteiger partial charge in [0.2, 0.25) is 0 Å². The summed E-state index contributed by atoms with van der Waals surface area (Å²) in [6.45, 7) is 0. The van der Waals surface area contributed by atoms with Crippen LogP contribution in [0.15, 0.2) is 76.7 Å². The fourth-order valence-electron chi connectivity index (χ4n) is 5.09. The summed E-state index contributed by atoms with van der Waals surface area (Å²) in [5, 5.41) is 25.8. The maximum atomic E-state index is 13.5. The number of anilines is 1. The number of Topliss-reactive ketones (excluding diaryl/α,β-unsaturated/α-hetero) is 1. The molecule has 1 N–H and O–H groups in total. The summed E-state index contributed by atoms with van der Waals surface area (Å²) in [7, 11) is 0. The Hall–Kier alpha value is -4.27.